The maximum Gasteiger partial charge on any atom is 0.265 e. The molecule has 1 heterocycles. The second kappa shape index (κ2) is 6.56. The van der Waals surface area contributed by atoms with Crippen LogP contribution >= 0.6 is 11.3 Å². The number of rotatable bonds is 7. The number of anilines is 2. The first kappa shape index (κ1) is 14.6. The Morgan fingerprint density at radius 3 is 2.80 bits per heavy atom. The van der Waals surface area contributed by atoms with E-state index in [4.69, 9.17) is 5.73 Å². The molecule has 110 valence electrons. The fourth-order valence-corrected chi connectivity index (χ4v) is 2.49. The maximum atomic E-state index is 11.9. The highest BCUT2D eigenvalue weighted by molar-refractivity contribution is 7.18. The first-order valence-electron chi connectivity index (χ1n) is 6.68. The van der Waals surface area contributed by atoms with E-state index < -0.39 is 0 Å². The highest BCUT2D eigenvalue weighted by Gasteiger charge is 2.24. The fraction of sp³-hybridized carbons (Fsp3) is 0.583. The summed E-state index contributed by atoms with van der Waals surface area (Å²) in [4.78, 5) is 27.7. The zero-order chi connectivity index (χ0) is 14.5. The summed E-state index contributed by atoms with van der Waals surface area (Å²) in [5.41, 5.74) is 5.74. The highest BCUT2D eigenvalue weighted by Crippen LogP contribution is 2.30. The number of nitrogen functional groups attached to an aromatic ring is 1. The van der Waals surface area contributed by atoms with Gasteiger partial charge in [0.05, 0.1) is 0 Å². The van der Waals surface area contributed by atoms with Gasteiger partial charge in [-0.25, -0.2) is 4.98 Å². The van der Waals surface area contributed by atoms with Gasteiger partial charge in [0, 0.05) is 25.6 Å². The number of hydrogen-bond donors (Lipinski definition) is 4. The molecule has 1 aromatic heterocycles. The number of nitrogens with two attached hydrogens (primary N) is 1. The zero-order valence-electron chi connectivity index (χ0n) is 11.4. The third-order valence-corrected chi connectivity index (χ3v) is 3.78. The summed E-state index contributed by atoms with van der Waals surface area (Å²) in [6, 6.07) is 0.467. The predicted molar refractivity (Wildman–Crippen MR) is 78.8 cm³/mol. The van der Waals surface area contributed by atoms with E-state index in [1.54, 1.807) is 0 Å². The van der Waals surface area contributed by atoms with E-state index in [0.717, 1.165) is 12.8 Å². The van der Waals surface area contributed by atoms with Crippen LogP contribution in [0, 0.1) is 0 Å². The lowest BCUT2D eigenvalue weighted by molar-refractivity contribution is -0.120. The first-order chi connectivity index (χ1) is 9.60. The summed E-state index contributed by atoms with van der Waals surface area (Å²) in [6.07, 6.45) is 2.52. The summed E-state index contributed by atoms with van der Waals surface area (Å²) >= 11 is 1.25. The lowest BCUT2D eigenvalue weighted by atomic mass is 10.3. The Hall–Kier alpha value is -1.83. The van der Waals surface area contributed by atoms with Crippen molar-refractivity contribution in [1.29, 1.82) is 0 Å². The molecule has 8 heteroatoms. The van der Waals surface area contributed by atoms with Gasteiger partial charge >= 0.3 is 0 Å². The van der Waals surface area contributed by atoms with Crippen LogP contribution in [0.4, 0.5) is 10.9 Å². The molecule has 0 atom stereocenters. The molecule has 2 amide bonds. The summed E-state index contributed by atoms with van der Waals surface area (Å²) in [6.45, 7) is 2.72. The number of thiazole rings is 1. The number of carbonyl (C=O) groups excluding carboxylic acids is 2. The second-order valence-corrected chi connectivity index (χ2v) is 5.61. The molecule has 1 fully saturated rings. The molecule has 1 aliphatic carbocycles. The molecule has 1 aliphatic rings. The fourth-order valence-electron chi connectivity index (χ4n) is 1.61. The Kier molecular flexibility index (Phi) is 4.78. The number of carbonyl (C=O) groups is 2. The molecule has 0 aliphatic heterocycles. The van der Waals surface area contributed by atoms with Crippen LogP contribution in [0.3, 0.4) is 0 Å². The average molecular weight is 297 g/mol. The molecule has 0 spiro atoms. The predicted octanol–water partition coefficient (Wildman–Crippen LogP) is 0.556. The van der Waals surface area contributed by atoms with Crippen LogP contribution in [-0.4, -0.2) is 35.9 Å². The van der Waals surface area contributed by atoms with Crippen molar-refractivity contribution < 1.29 is 9.59 Å². The maximum absolute atomic E-state index is 11.9. The van der Waals surface area contributed by atoms with E-state index in [9.17, 15) is 9.59 Å². The molecule has 0 unspecified atom stereocenters. The molecular weight excluding hydrogens is 278 g/mol. The summed E-state index contributed by atoms with van der Waals surface area (Å²) in [5, 5.41) is 9.23. The van der Waals surface area contributed by atoms with Crippen molar-refractivity contribution >= 4 is 34.1 Å². The quantitative estimate of drug-likeness (QED) is 0.588. The molecule has 20 heavy (non-hydrogen) atoms. The third-order valence-electron chi connectivity index (χ3n) is 2.78. The van der Waals surface area contributed by atoms with Gasteiger partial charge in [0.2, 0.25) is 5.91 Å². The lowest BCUT2D eigenvalue weighted by Crippen LogP contribution is -2.30. The van der Waals surface area contributed by atoms with Gasteiger partial charge in [0.15, 0.2) is 5.13 Å². The minimum absolute atomic E-state index is 0.0823. The topological polar surface area (TPSA) is 109 Å². The largest absolute Gasteiger partial charge is 0.382 e. The van der Waals surface area contributed by atoms with Gasteiger partial charge < -0.3 is 21.7 Å². The molecule has 0 saturated heterocycles. The zero-order valence-corrected chi connectivity index (χ0v) is 12.2. The molecule has 1 aromatic rings. The third kappa shape index (κ3) is 4.09. The Labute approximate surface area is 121 Å². The normalized spacial score (nSPS) is 13.8. The molecule has 5 N–H and O–H groups in total. The van der Waals surface area contributed by atoms with Gasteiger partial charge in [-0.3, -0.25) is 9.59 Å². The van der Waals surface area contributed by atoms with Gasteiger partial charge in [-0.05, 0) is 19.8 Å². The van der Waals surface area contributed by atoms with E-state index in [1.165, 1.54) is 11.3 Å². The first-order valence-corrected chi connectivity index (χ1v) is 7.49. The Morgan fingerprint density at radius 1 is 1.40 bits per heavy atom. The van der Waals surface area contributed by atoms with Gasteiger partial charge in [0.25, 0.3) is 5.91 Å². The van der Waals surface area contributed by atoms with Crippen molar-refractivity contribution in [3.8, 4) is 0 Å². The van der Waals surface area contributed by atoms with Crippen LogP contribution < -0.4 is 21.7 Å². The minimum Gasteiger partial charge on any atom is -0.382 e. The van der Waals surface area contributed by atoms with E-state index in [2.05, 4.69) is 20.9 Å². The standard InChI is InChI=1S/C12H19N5O2S/c1-2-14-8(18)5-6-15-11(19)9-10(13)17-12(20-9)16-7-3-4-7/h7H,2-6,13H2,1H3,(H,14,18)(H,15,19)(H,16,17). The second-order valence-electron chi connectivity index (χ2n) is 4.61. The van der Waals surface area contributed by atoms with E-state index >= 15 is 0 Å². The molecule has 1 saturated carbocycles. The van der Waals surface area contributed by atoms with Crippen LogP contribution in [0.5, 0.6) is 0 Å². The Bertz CT molecular complexity index is 498. The van der Waals surface area contributed by atoms with Crippen LogP contribution in [-0.2, 0) is 4.79 Å². The van der Waals surface area contributed by atoms with Gasteiger partial charge in [-0.1, -0.05) is 11.3 Å². The van der Waals surface area contributed by atoms with Crippen molar-refractivity contribution in [2.75, 3.05) is 24.1 Å². The van der Waals surface area contributed by atoms with Crippen molar-refractivity contribution in [3.05, 3.63) is 4.88 Å². The Morgan fingerprint density at radius 2 is 2.15 bits per heavy atom. The molecule has 0 bridgehead atoms. The van der Waals surface area contributed by atoms with Crippen molar-refractivity contribution in [1.82, 2.24) is 15.6 Å². The smallest absolute Gasteiger partial charge is 0.265 e. The molecule has 7 nitrogen and oxygen atoms in total. The minimum atomic E-state index is -0.284. The molecule has 2 rings (SSSR count). The van der Waals surface area contributed by atoms with Crippen LogP contribution in [0.25, 0.3) is 0 Å². The number of aromatic nitrogens is 1. The SMILES string of the molecule is CCNC(=O)CCNC(=O)c1sc(NC2CC2)nc1N. The van der Waals surface area contributed by atoms with E-state index in [0.29, 0.717) is 22.6 Å². The van der Waals surface area contributed by atoms with Gasteiger partial charge in [-0.2, -0.15) is 0 Å². The lowest BCUT2D eigenvalue weighted by Gasteiger charge is -2.04. The summed E-state index contributed by atoms with van der Waals surface area (Å²) in [7, 11) is 0. The van der Waals surface area contributed by atoms with Gasteiger partial charge in [0.1, 0.15) is 10.7 Å². The van der Waals surface area contributed by atoms with Crippen molar-refractivity contribution in [2.45, 2.75) is 32.2 Å². The molecule has 0 radical (unpaired) electrons. The van der Waals surface area contributed by atoms with Crippen molar-refractivity contribution in [2.24, 2.45) is 0 Å². The number of hydrogen-bond acceptors (Lipinski definition) is 6. The number of amides is 2. The van der Waals surface area contributed by atoms with E-state index in [1.807, 2.05) is 6.92 Å². The number of nitrogens with zero attached hydrogens (tertiary/aromatic N) is 1. The van der Waals surface area contributed by atoms with Crippen molar-refractivity contribution in [3.63, 3.8) is 0 Å². The molecular formula is C12H19N5O2S. The summed E-state index contributed by atoms with van der Waals surface area (Å²) < 4.78 is 0. The summed E-state index contributed by atoms with van der Waals surface area (Å²) in [5.74, 6) is -0.136. The van der Waals surface area contributed by atoms with Gasteiger partial charge in [-0.15, -0.1) is 0 Å². The number of nitrogens with one attached hydrogen (secondary N) is 3. The molecule has 0 aromatic carbocycles. The van der Waals surface area contributed by atoms with Crippen LogP contribution in [0.2, 0.25) is 0 Å². The van der Waals surface area contributed by atoms with Crippen LogP contribution in [0.15, 0.2) is 0 Å². The van der Waals surface area contributed by atoms with Crippen LogP contribution in [0.1, 0.15) is 35.9 Å². The highest BCUT2D eigenvalue weighted by atomic mass is 32.1. The monoisotopic (exact) mass is 297 g/mol. The average Bonchev–Trinajstić information content (AvgIpc) is 3.12. The Balaban J connectivity index is 1.82. The van der Waals surface area contributed by atoms with E-state index in [-0.39, 0.29) is 30.6 Å².